The van der Waals surface area contributed by atoms with Gasteiger partial charge < -0.3 is 9.47 Å². The van der Waals surface area contributed by atoms with Crippen molar-refractivity contribution >= 4 is 33.6 Å². The fourth-order valence-corrected chi connectivity index (χ4v) is 4.27. The molecule has 0 spiro atoms. The Morgan fingerprint density at radius 3 is 2.41 bits per heavy atom. The third kappa shape index (κ3) is 6.28. The summed E-state index contributed by atoms with van der Waals surface area (Å²) in [6.45, 7) is 1.72. The van der Waals surface area contributed by atoms with Crippen molar-refractivity contribution in [1.29, 1.82) is 0 Å². The van der Waals surface area contributed by atoms with Gasteiger partial charge in [0, 0.05) is 6.54 Å². The van der Waals surface area contributed by atoms with Crippen molar-refractivity contribution in [3.8, 4) is 0 Å². The van der Waals surface area contributed by atoms with E-state index in [0.29, 0.717) is 6.42 Å². The fourth-order valence-electron chi connectivity index (χ4n) is 2.65. The Labute approximate surface area is 175 Å². The monoisotopic (exact) mass is 439 g/mol. The van der Waals surface area contributed by atoms with Crippen LogP contribution in [0.3, 0.4) is 0 Å². The average molecular weight is 440 g/mol. The molecule has 0 fully saturated rings. The molecule has 2 aromatic rings. The highest BCUT2D eigenvalue weighted by molar-refractivity contribution is 7.89. The second-order valence-corrected chi connectivity index (χ2v) is 8.27. The normalized spacial score (nSPS) is 12.2. The first-order valence-electron chi connectivity index (χ1n) is 8.86. The number of sulfonamides is 1. The fraction of sp³-hybridized carbons (Fsp3) is 0.300. The van der Waals surface area contributed by atoms with Crippen LogP contribution < -0.4 is 4.72 Å². The first kappa shape index (κ1) is 22.9. The van der Waals surface area contributed by atoms with Gasteiger partial charge in [0.05, 0.1) is 30.2 Å². The van der Waals surface area contributed by atoms with Crippen LogP contribution in [-0.2, 0) is 30.7 Å². The van der Waals surface area contributed by atoms with Gasteiger partial charge in [0.15, 0.2) is 0 Å². The summed E-state index contributed by atoms with van der Waals surface area (Å²) < 4.78 is 37.4. The number of halogens is 1. The van der Waals surface area contributed by atoms with Gasteiger partial charge in [-0.2, -0.15) is 0 Å². The predicted molar refractivity (Wildman–Crippen MR) is 108 cm³/mol. The number of nitrogens with one attached hydrogen (secondary N) is 1. The topological polar surface area (TPSA) is 98.8 Å². The lowest BCUT2D eigenvalue weighted by Gasteiger charge is -2.17. The molecule has 2 aromatic carbocycles. The highest BCUT2D eigenvalue weighted by atomic mass is 35.5. The third-order valence-electron chi connectivity index (χ3n) is 4.11. The summed E-state index contributed by atoms with van der Waals surface area (Å²) in [5.41, 5.74) is 1.01. The minimum absolute atomic E-state index is 0.129. The van der Waals surface area contributed by atoms with Crippen LogP contribution in [0.2, 0.25) is 5.02 Å². The van der Waals surface area contributed by atoms with Crippen LogP contribution in [0.25, 0.3) is 0 Å². The second-order valence-electron chi connectivity index (χ2n) is 6.13. The maximum absolute atomic E-state index is 12.7. The average Bonchev–Trinajstić information content (AvgIpc) is 2.71. The van der Waals surface area contributed by atoms with Crippen LogP contribution in [0.5, 0.6) is 0 Å². The first-order chi connectivity index (χ1) is 13.8. The largest absolute Gasteiger partial charge is 0.466 e. The van der Waals surface area contributed by atoms with Crippen molar-refractivity contribution in [2.45, 2.75) is 18.2 Å². The van der Waals surface area contributed by atoms with E-state index in [9.17, 15) is 18.0 Å². The van der Waals surface area contributed by atoms with E-state index in [0.717, 1.165) is 5.56 Å². The van der Waals surface area contributed by atoms with Crippen LogP contribution in [0.4, 0.5) is 0 Å². The van der Waals surface area contributed by atoms with Crippen LogP contribution in [0, 0.1) is 5.92 Å². The van der Waals surface area contributed by atoms with Gasteiger partial charge >= 0.3 is 11.9 Å². The lowest BCUT2D eigenvalue weighted by atomic mass is 10.00. The van der Waals surface area contributed by atoms with Crippen molar-refractivity contribution in [3.63, 3.8) is 0 Å². The molecule has 0 bridgehead atoms. The Morgan fingerprint density at radius 2 is 1.83 bits per heavy atom. The molecule has 0 radical (unpaired) electrons. The first-order valence-corrected chi connectivity index (χ1v) is 10.7. The standard InChI is InChI=1S/C20H22ClNO6S/c1-3-28-20(24)16(11-14-7-5-4-6-8-14)13-22-29(25,26)18-10-9-15(12-17(18)21)19(23)27-2/h4-10,12,16,22H,3,11,13H2,1-2H3. The molecule has 1 N–H and O–H groups in total. The molecule has 0 saturated carbocycles. The zero-order chi connectivity index (χ0) is 21.4. The zero-order valence-corrected chi connectivity index (χ0v) is 17.6. The molecule has 1 atom stereocenters. The maximum atomic E-state index is 12.7. The number of esters is 2. The number of methoxy groups -OCH3 is 1. The number of benzene rings is 2. The summed E-state index contributed by atoms with van der Waals surface area (Å²) in [7, 11) is -2.80. The molecule has 0 aromatic heterocycles. The summed E-state index contributed by atoms with van der Waals surface area (Å²) >= 11 is 6.05. The zero-order valence-electron chi connectivity index (χ0n) is 16.1. The molecule has 156 valence electrons. The van der Waals surface area contributed by atoms with Crippen molar-refractivity contribution in [1.82, 2.24) is 4.72 Å². The number of hydrogen-bond acceptors (Lipinski definition) is 6. The SMILES string of the molecule is CCOC(=O)C(CNS(=O)(=O)c1ccc(C(=O)OC)cc1Cl)Cc1ccccc1. The minimum Gasteiger partial charge on any atom is -0.466 e. The summed E-state index contributed by atoms with van der Waals surface area (Å²) in [6.07, 6.45) is 0.317. The maximum Gasteiger partial charge on any atom is 0.337 e. The Kier molecular flexibility index (Phi) is 8.19. The van der Waals surface area contributed by atoms with E-state index in [1.807, 2.05) is 30.3 Å². The molecule has 0 amide bonds. The van der Waals surface area contributed by atoms with Gasteiger partial charge in [-0.1, -0.05) is 41.9 Å². The number of ether oxygens (including phenoxy) is 2. The molecule has 0 aliphatic carbocycles. The van der Waals surface area contributed by atoms with E-state index in [2.05, 4.69) is 9.46 Å². The second kappa shape index (κ2) is 10.4. The molecular weight excluding hydrogens is 418 g/mol. The third-order valence-corrected chi connectivity index (χ3v) is 6.01. The van der Waals surface area contributed by atoms with Gasteiger partial charge in [0.2, 0.25) is 10.0 Å². The minimum atomic E-state index is -4.02. The number of hydrogen-bond donors (Lipinski definition) is 1. The molecule has 7 nitrogen and oxygen atoms in total. The van der Waals surface area contributed by atoms with Crippen molar-refractivity contribution in [3.05, 3.63) is 64.7 Å². The van der Waals surface area contributed by atoms with Gasteiger partial charge in [0.25, 0.3) is 0 Å². The number of carbonyl (C=O) groups is 2. The van der Waals surface area contributed by atoms with E-state index >= 15 is 0 Å². The summed E-state index contributed by atoms with van der Waals surface area (Å²) in [5.74, 6) is -1.83. The lowest BCUT2D eigenvalue weighted by molar-refractivity contribution is -0.147. The van der Waals surface area contributed by atoms with Gasteiger partial charge in [-0.25, -0.2) is 17.9 Å². The van der Waals surface area contributed by atoms with Crippen molar-refractivity contribution in [2.24, 2.45) is 5.92 Å². The molecule has 0 heterocycles. The Hall–Kier alpha value is -2.42. The van der Waals surface area contributed by atoms with Crippen LogP contribution >= 0.6 is 11.6 Å². The molecule has 0 aliphatic heterocycles. The molecule has 9 heteroatoms. The number of carbonyl (C=O) groups excluding carboxylic acids is 2. The quantitative estimate of drug-likeness (QED) is 0.603. The van der Waals surface area contributed by atoms with Crippen LogP contribution in [-0.4, -0.2) is 40.6 Å². The Morgan fingerprint density at radius 1 is 1.14 bits per heavy atom. The molecule has 2 rings (SSSR count). The molecule has 0 aliphatic rings. The van der Waals surface area contributed by atoms with E-state index in [1.165, 1.54) is 25.3 Å². The van der Waals surface area contributed by atoms with E-state index < -0.39 is 27.9 Å². The lowest BCUT2D eigenvalue weighted by Crippen LogP contribution is -2.35. The molecular formula is C20H22ClNO6S. The summed E-state index contributed by atoms with van der Waals surface area (Å²) in [5, 5.41) is -0.129. The van der Waals surface area contributed by atoms with Crippen LogP contribution in [0.15, 0.2) is 53.4 Å². The van der Waals surface area contributed by atoms with Crippen molar-refractivity contribution < 1.29 is 27.5 Å². The van der Waals surface area contributed by atoms with Crippen molar-refractivity contribution in [2.75, 3.05) is 20.3 Å². The predicted octanol–water partition coefficient (Wildman–Crippen LogP) is 2.83. The molecule has 29 heavy (non-hydrogen) atoms. The Balaban J connectivity index is 2.18. The number of rotatable bonds is 9. The summed E-state index contributed by atoms with van der Waals surface area (Å²) in [6, 6.07) is 13.0. The van der Waals surface area contributed by atoms with Crippen LogP contribution in [0.1, 0.15) is 22.8 Å². The summed E-state index contributed by atoms with van der Waals surface area (Å²) in [4.78, 5) is 23.6. The smallest absolute Gasteiger partial charge is 0.337 e. The van der Waals surface area contributed by atoms with E-state index in [4.69, 9.17) is 16.3 Å². The van der Waals surface area contributed by atoms with Gasteiger partial charge in [-0.3, -0.25) is 4.79 Å². The van der Waals surface area contributed by atoms with E-state index in [1.54, 1.807) is 6.92 Å². The van der Waals surface area contributed by atoms with Gasteiger partial charge in [-0.05, 0) is 37.1 Å². The van der Waals surface area contributed by atoms with Gasteiger partial charge in [0.1, 0.15) is 4.90 Å². The molecule has 1 unspecified atom stereocenters. The highest BCUT2D eigenvalue weighted by Gasteiger charge is 2.25. The van der Waals surface area contributed by atoms with E-state index in [-0.39, 0.29) is 28.6 Å². The molecule has 0 saturated heterocycles. The Bertz CT molecular complexity index is 962. The highest BCUT2D eigenvalue weighted by Crippen LogP contribution is 2.23. The van der Waals surface area contributed by atoms with Gasteiger partial charge in [-0.15, -0.1) is 0 Å².